The van der Waals surface area contributed by atoms with Crippen LogP contribution in [-0.4, -0.2) is 43.3 Å². The van der Waals surface area contributed by atoms with Crippen LogP contribution in [0.5, 0.6) is 5.75 Å². The molecule has 7 heteroatoms. The van der Waals surface area contributed by atoms with E-state index in [-0.39, 0.29) is 25.2 Å². The molecule has 0 spiro atoms. The largest absolute Gasteiger partial charge is 0.494 e. The van der Waals surface area contributed by atoms with Crippen LogP contribution in [0.25, 0.3) is 0 Å². The molecule has 1 aromatic rings. The Morgan fingerprint density at radius 1 is 1.36 bits per heavy atom. The number of hydrogen-bond donors (Lipinski definition) is 2. The molecule has 2 N–H and O–H groups in total. The highest BCUT2D eigenvalue weighted by molar-refractivity contribution is 5.86. The predicted octanol–water partition coefficient (Wildman–Crippen LogP) is 1.37. The third-order valence-electron chi connectivity index (χ3n) is 3.18. The third kappa shape index (κ3) is 4.70. The van der Waals surface area contributed by atoms with E-state index in [0.29, 0.717) is 5.56 Å². The van der Waals surface area contributed by atoms with Gasteiger partial charge < -0.3 is 19.9 Å². The van der Waals surface area contributed by atoms with Crippen molar-refractivity contribution in [2.24, 2.45) is 0 Å². The first kappa shape index (κ1) is 17.9. The summed E-state index contributed by atoms with van der Waals surface area (Å²) in [6.07, 6.45) is 0.327. The molecule has 6 nitrogen and oxygen atoms in total. The zero-order valence-corrected chi connectivity index (χ0v) is 12.8. The molecule has 1 aromatic carbocycles. The molecular weight excluding hydrogens is 293 g/mol. The van der Waals surface area contributed by atoms with Crippen LogP contribution in [0, 0.1) is 5.82 Å². The average molecular weight is 313 g/mol. The summed E-state index contributed by atoms with van der Waals surface area (Å²) in [4.78, 5) is 23.0. The van der Waals surface area contributed by atoms with Gasteiger partial charge in [-0.3, -0.25) is 4.79 Å². The minimum atomic E-state index is -1.49. The van der Waals surface area contributed by atoms with Gasteiger partial charge in [-0.05, 0) is 31.0 Å². The zero-order valence-electron chi connectivity index (χ0n) is 12.8. The summed E-state index contributed by atoms with van der Waals surface area (Å²) in [6.45, 7) is 1.22. The van der Waals surface area contributed by atoms with Crippen molar-refractivity contribution in [3.63, 3.8) is 0 Å². The topological polar surface area (TPSA) is 84.9 Å². The summed E-state index contributed by atoms with van der Waals surface area (Å²) < 4.78 is 23.2. The molecule has 0 bridgehead atoms. The Labute approximate surface area is 128 Å². The normalized spacial score (nSPS) is 13.3. The standard InChI is InChI=1S/C15H20FNO5/c1-15(9-21-2,14(19)20)17-13(18)7-5-10-4-6-12(22-3)11(16)8-10/h4,6,8H,5,7,9H2,1-3H3,(H,17,18)(H,19,20). The number of aliphatic carboxylic acids is 1. The van der Waals surface area contributed by atoms with E-state index in [9.17, 15) is 14.0 Å². The number of rotatable bonds is 8. The molecule has 0 aliphatic carbocycles. The van der Waals surface area contributed by atoms with Crippen LogP contribution >= 0.6 is 0 Å². The number of carbonyl (C=O) groups excluding carboxylic acids is 1. The van der Waals surface area contributed by atoms with Crippen molar-refractivity contribution in [1.29, 1.82) is 0 Å². The van der Waals surface area contributed by atoms with E-state index >= 15 is 0 Å². The minimum Gasteiger partial charge on any atom is -0.494 e. The Balaban J connectivity index is 2.62. The second kappa shape index (κ2) is 7.74. The fraction of sp³-hybridized carbons (Fsp3) is 0.467. The van der Waals surface area contributed by atoms with Crippen LogP contribution < -0.4 is 10.1 Å². The molecular formula is C15H20FNO5. The summed E-state index contributed by atoms with van der Waals surface area (Å²) in [5.41, 5.74) is -0.867. The zero-order chi connectivity index (χ0) is 16.8. The number of amides is 1. The van der Waals surface area contributed by atoms with Gasteiger partial charge in [-0.25, -0.2) is 9.18 Å². The molecule has 1 amide bonds. The van der Waals surface area contributed by atoms with Gasteiger partial charge in [0.25, 0.3) is 0 Å². The Hall–Kier alpha value is -2.15. The highest BCUT2D eigenvalue weighted by Gasteiger charge is 2.34. The van der Waals surface area contributed by atoms with Gasteiger partial charge >= 0.3 is 5.97 Å². The van der Waals surface area contributed by atoms with E-state index in [1.165, 1.54) is 33.3 Å². The fourth-order valence-corrected chi connectivity index (χ4v) is 1.93. The van der Waals surface area contributed by atoms with Crippen molar-refractivity contribution in [3.05, 3.63) is 29.6 Å². The maximum atomic E-state index is 13.5. The number of benzene rings is 1. The van der Waals surface area contributed by atoms with Crippen LogP contribution in [0.1, 0.15) is 18.9 Å². The van der Waals surface area contributed by atoms with Crippen LogP contribution in [0.3, 0.4) is 0 Å². The van der Waals surface area contributed by atoms with Crippen molar-refractivity contribution in [1.82, 2.24) is 5.32 Å². The van der Waals surface area contributed by atoms with Crippen LogP contribution in [-0.2, 0) is 20.7 Å². The molecule has 1 atom stereocenters. The molecule has 1 unspecified atom stereocenters. The lowest BCUT2D eigenvalue weighted by Gasteiger charge is -2.25. The lowest BCUT2D eigenvalue weighted by molar-refractivity contribution is -0.149. The van der Waals surface area contributed by atoms with Crippen molar-refractivity contribution >= 4 is 11.9 Å². The third-order valence-corrected chi connectivity index (χ3v) is 3.18. The minimum absolute atomic E-state index is 0.0400. The summed E-state index contributed by atoms with van der Waals surface area (Å²) in [5.74, 6) is -2.00. The first-order chi connectivity index (χ1) is 10.3. The van der Waals surface area contributed by atoms with Gasteiger partial charge in [-0.2, -0.15) is 0 Å². The SMILES string of the molecule is COCC(C)(NC(=O)CCc1ccc(OC)c(F)c1)C(=O)O. The van der Waals surface area contributed by atoms with Gasteiger partial charge in [0.05, 0.1) is 13.7 Å². The molecule has 0 fully saturated rings. The number of ether oxygens (including phenoxy) is 2. The van der Waals surface area contributed by atoms with Crippen molar-refractivity contribution in [2.75, 3.05) is 20.8 Å². The lowest BCUT2D eigenvalue weighted by atomic mass is 10.0. The molecule has 0 aromatic heterocycles. The average Bonchev–Trinajstić information content (AvgIpc) is 2.45. The van der Waals surface area contributed by atoms with Gasteiger partial charge in [-0.15, -0.1) is 0 Å². The van der Waals surface area contributed by atoms with E-state index in [2.05, 4.69) is 5.32 Å². The number of aryl methyl sites for hydroxylation is 1. The molecule has 122 valence electrons. The first-order valence-electron chi connectivity index (χ1n) is 6.68. The van der Waals surface area contributed by atoms with E-state index in [4.69, 9.17) is 14.6 Å². The number of hydrogen-bond acceptors (Lipinski definition) is 4. The van der Waals surface area contributed by atoms with Gasteiger partial charge in [0.2, 0.25) is 5.91 Å². The van der Waals surface area contributed by atoms with E-state index in [1.54, 1.807) is 6.07 Å². The smallest absolute Gasteiger partial charge is 0.331 e. The van der Waals surface area contributed by atoms with Gasteiger partial charge in [0, 0.05) is 13.5 Å². The fourth-order valence-electron chi connectivity index (χ4n) is 1.93. The van der Waals surface area contributed by atoms with Gasteiger partial charge in [0.1, 0.15) is 0 Å². The summed E-state index contributed by atoms with van der Waals surface area (Å²) >= 11 is 0. The molecule has 0 saturated carbocycles. The number of carbonyl (C=O) groups is 2. The molecule has 0 radical (unpaired) electrons. The Morgan fingerprint density at radius 2 is 2.05 bits per heavy atom. The monoisotopic (exact) mass is 313 g/mol. The van der Waals surface area contributed by atoms with E-state index in [1.807, 2.05) is 0 Å². The van der Waals surface area contributed by atoms with Crippen LogP contribution in [0.4, 0.5) is 4.39 Å². The van der Waals surface area contributed by atoms with Crippen molar-refractivity contribution in [2.45, 2.75) is 25.3 Å². The van der Waals surface area contributed by atoms with Gasteiger partial charge in [-0.1, -0.05) is 6.07 Å². The Bertz CT molecular complexity index is 549. The highest BCUT2D eigenvalue weighted by Crippen LogP contribution is 2.18. The molecule has 0 saturated heterocycles. The van der Waals surface area contributed by atoms with E-state index < -0.39 is 23.2 Å². The highest BCUT2D eigenvalue weighted by atomic mass is 19.1. The molecule has 0 aliphatic heterocycles. The van der Waals surface area contributed by atoms with Crippen molar-refractivity contribution < 1.29 is 28.6 Å². The maximum Gasteiger partial charge on any atom is 0.331 e. The molecule has 22 heavy (non-hydrogen) atoms. The summed E-state index contributed by atoms with van der Waals surface area (Å²) in [6, 6.07) is 4.42. The lowest BCUT2D eigenvalue weighted by Crippen LogP contribution is -2.55. The number of methoxy groups -OCH3 is 2. The Kier molecular flexibility index (Phi) is 6.30. The molecule has 0 heterocycles. The van der Waals surface area contributed by atoms with Crippen LogP contribution in [0.2, 0.25) is 0 Å². The molecule has 1 rings (SSSR count). The number of nitrogens with one attached hydrogen (secondary N) is 1. The summed E-state index contributed by atoms with van der Waals surface area (Å²) in [7, 11) is 2.72. The number of carboxylic acid groups (broad SMARTS) is 1. The second-order valence-corrected chi connectivity index (χ2v) is 5.09. The first-order valence-corrected chi connectivity index (χ1v) is 6.68. The van der Waals surface area contributed by atoms with Crippen molar-refractivity contribution in [3.8, 4) is 5.75 Å². The van der Waals surface area contributed by atoms with Crippen LogP contribution in [0.15, 0.2) is 18.2 Å². The number of halogens is 1. The second-order valence-electron chi connectivity index (χ2n) is 5.09. The Morgan fingerprint density at radius 3 is 2.55 bits per heavy atom. The maximum absolute atomic E-state index is 13.5. The predicted molar refractivity (Wildman–Crippen MR) is 77.3 cm³/mol. The molecule has 0 aliphatic rings. The number of carboxylic acids is 1. The van der Waals surface area contributed by atoms with Gasteiger partial charge in [0.15, 0.2) is 17.1 Å². The summed E-state index contributed by atoms with van der Waals surface area (Å²) in [5, 5.41) is 11.6. The quantitative estimate of drug-likeness (QED) is 0.757. The van der Waals surface area contributed by atoms with E-state index in [0.717, 1.165) is 0 Å².